The quantitative estimate of drug-likeness (QED) is 0.799. The van der Waals surface area contributed by atoms with E-state index in [1.165, 1.54) is 0 Å². The Morgan fingerprint density at radius 3 is 2.88 bits per heavy atom. The first-order valence-corrected chi connectivity index (χ1v) is 5.64. The van der Waals surface area contributed by atoms with Crippen LogP contribution in [0.15, 0.2) is 24.3 Å². The van der Waals surface area contributed by atoms with E-state index in [9.17, 15) is 4.79 Å². The standard InChI is InChI=1S/C13H17N3O/c1-10(6-8-14)16-13(17)12-5-3-2-4-11(12)7-9-15/h2-5,10H,6-7,9,15H2,1H3,(H,16,17). The maximum absolute atomic E-state index is 12.0. The van der Waals surface area contributed by atoms with E-state index in [1.807, 2.05) is 31.2 Å². The van der Waals surface area contributed by atoms with Crippen LogP contribution in [-0.4, -0.2) is 18.5 Å². The SMILES string of the molecule is CC(CC#N)NC(=O)c1ccccc1CCN. The first-order valence-electron chi connectivity index (χ1n) is 5.64. The number of nitrogens with two attached hydrogens (primary N) is 1. The van der Waals surface area contributed by atoms with E-state index in [2.05, 4.69) is 5.32 Å². The first kappa shape index (κ1) is 13.2. The summed E-state index contributed by atoms with van der Waals surface area (Å²) in [6, 6.07) is 9.28. The monoisotopic (exact) mass is 231 g/mol. The molecule has 0 fully saturated rings. The molecular formula is C13H17N3O. The molecule has 1 atom stereocenters. The number of rotatable bonds is 5. The van der Waals surface area contributed by atoms with Crippen molar-refractivity contribution in [1.29, 1.82) is 5.26 Å². The van der Waals surface area contributed by atoms with Crippen molar-refractivity contribution in [2.24, 2.45) is 5.73 Å². The molecule has 1 aromatic carbocycles. The second-order valence-corrected chi connectivity index (χ2v) is 3.93. The molecule has 0 bridgehead atoms. The summed E-state index contributed by atoms with van der Waals surface area (Å²) in [5, 5.41) is 11.3. The first-order chi connectivity index (χ1) is 8.19. The van der Waals surface area contributed by atoms with Gasteiger partial charge in [0.15, 0.2) is 0 Å². The molecule has 0 aliphatic rings. The molecule has 4 heteroatoms. The van der Waals surface area contributed by atoms with Gasteiger partial charge in [0, 0.05) is 11.6 Å². The van der Waals surface area contributed by atoms with Crippen molar-refractivity contribution in [2.75, 3.05) is 6.54 Å². The number of nitrogens with one attached hydrogen (secondary N) is 1. The summed E-state index contributed by atoms with van der Waals surface area (Å²) in [6.45, 7) is 2.32. The lowest BCUT2D eigenvalue weighted by Gasteiger charge is -2.12. The lowest BCUT2D eigenvalue weighted by atomic mass is 10.0. The molecule has 1 rings (SSSR count). The van der Waals surface area contributed by atoms with Crippen molar-refractivity contribution < 1.29 is 4.79 Å². The van der Waals surface area contributed by atoms with E-state index in [0.29, 0.717) is 24.9 Å². The van der Waals surface area contributed by atoms with E-state index in [-0.39, 0.29) is 11.9 Å². The Morgan fingerprint density at radius 1 is 1.53 bits per heavy atom. The topological polar surface area (TPSA) is 78.9 Å². The number of benzene rings is 1. The molecular weight excluding hydrogens is 214 g/mol. The second-order valence-electron chi connectivity index (χ2n) is 3.93. The zero-order valence-electron chi connectivity index (χ0n) is 9.94. The summed E-state index contributed by atoms with van der Waals surface area (Å²) >= 11 is 0. The van der Waals surface area contributed by atoms with Crippen LogP contribution in [0.2, 0.25) is 0 Å². The Balaban J connectivity index is 2.78. The molecule has 0 aromatic heterocycles. The highest BCUT2D eigenvalue weighted by atomic mass is 16.1. The van der Waals surface area contributed by atoms with Crippen molar-refractivity contribution in [3.05, 3.63) is 35.4 Å². The van der Waals surface area contributed by atoms with E-state index >= 15 is 0 Å². The fourth-order valence-corrected chi connectivity index (χ4v) is 1.60. The number of carbonyl (C=O) groups is 1. The summed E-state index contributed by atoms with van der Waals surface area (Å²) in [6.07, 6.45) is 0.987. The van der Waals surface area contributed by atoms with Crippen LogP contribution in [0, 0.1) is 11.3 Å². The lowest BCUT2D eigenvalue weighted by molar-refractivity contribution is 0.0940. The molecule has 0 spiro atoms. The Morgan fingerprint density at radius 2 is 2.24 bits per heavy atom. The fraction of sp³-hybridized carbons (Fsp3) is 0.385. The highest BCUT2D eigenvalue weighted by Gasteiger charge is 2.12. The van der Waals surface area contributed by atoms with Gasteiger partial charge in [0.05, 0.1) is 12.5 Å². The third kappa shape index (κ3) is 3.89. The van der Waals surface area contributed by atoms with Gasteiger partial charge in [0.2, 0.25) is 0 Å². The maximum atomic E-state index is 12.0. The molecule has 1 amide bonds. The van der Waals surface area contributed by atoms with Crippen LogP contribution in [0.5, 0.6) is 0 Å². The average molecular weight is 231 g/mol. The third-order valence-electron chi connectivity index (χ3n) is 2.45. The number of hydrogen-bond acceptors (Lipinski definition) is 3. The van der Waals surface area contributed by atoms with Crippen molar-refractivity contribution >= 4 is 5.91 Å². The van der Waals surface area contributed by atoms with Crippen LogP contribution in [0.4, 0.5) is 0 Å². The average Bonchev–Trinajstić information content (AvgIpc) is 2.30. The van der Waals surface area contributed by atoms with Gasteiger partial charge in [-0.3, -0.25) is 4.79 Å². The van der Waals surface area contributed by atoms with Gasteiger partial charge in [-0.05, 0) is 31.5 Å². The molecule has 17 heavy (non-hydrogen) atoms. The predicted octanol–water partition coefficient (Wildman–Crippen LogP) is 1.22. The largest absolute Gasteiger partial charge is 0.349 e. The van der Waals surface area contributed by atoms with Gasteiger partial charge < -0.3 is 11.1 Å². The van der Waals surface area contributed by atoms with Crippen LogP contribution in [0.25, 0.3) is 0 Å². The minimum absolute atomic E-state index is 0.140. The zero-order chi connectivity index (χ0) is 12.7. The van der Waals surface area contributed by atoms with Gasteiger partial charge in [0.25, 0.3) is 5.91 Å². The Labute approximate surface area is 101 Å². The molecule has 0 radical (unpaired) electrons. The fourth-order valence-electron chi connectivity index (χ4n) is 1.60. The molecule has 3 N–H and O–H groups in total. The van der Waals surface area contributed by atoms with Crippen molar-refractivity contribution in [3.8, 4) is 6.07 Å². The van der Waals surface area contributed by atoms with E-state index < -0.39 is 0 Å². The summed E-state index contributed by atoms with van der Waals surface area (Å²) in [5.41, 5.74) is 7.09. The van der Waals surface area contributed by atoms with Gasteiger partial charge in [0.1, 0.15) is 0 Å². The Hall–Kier alpha value is -1.86. The van der Waals surface area contributed by atoms with E-state index in [1.54, 1.807) is 6.07 Å². The molecule has 0 aliphatic carbocycles. The number of hydrogen-bond donors (Lipinski definition) is 2. The van der Waals surface area contributed by atoms with Crippen molar-refractivity contribution in [1.82, 2.24) is 5.32 Å². The highest BCUT2D eigenvalue weighted by molar-refractivity contribution is 5.95. The molecule has 90 valence electrons. The number of nitrogens with zero attached hydrogens (tertiary/aromatic N) is 1. The number of carbonyl (C=O) groups excluding carboxylic acids is 1. The van der Waals surface area contributed by atoms with Gasteiger partial charge in [-0.25, -0.2) is 0 Å². The predicted molar refractivity (Wildman–Crippen MR) is 66.4 cm³/mol. The second kappa shape index (κ2) is 6.66. The molecule has 0 aliphatic heterocycles. The molecule has 1 unspecified atom stereocenters. The van der Waals surface area contributed by atoms with E-state index in [0.717, 1.165) is 5.56 Å². The normalized spacial score (nSPS) is 11.6. The van der Waals surface area contributed by atoms with E-state index in [4.69, 9.17) is 11.0 Å². The molecule has 1 aromatic rings. The summed E-state index contributed by atoms with van der Waals surface area (Å²) < 4.78 is 0. The molecule has 0 heterocycles. The van der Waals surface area contributed by atoms with Crippen molar-refractivity contribution in [3.63, 3.8) is 0 Å². The van der Waals surface area contributed by atoms with Crippen LogP contribution >= 0.6 is 0 Å². The van der Waals surface area contributed by atoms with Gasteiger partial charge >= 0.3 is 0 Å². The maximum Gasteiger partial charge on any atom is 0.251 e. The molecule has 0 saturated carbocycles. The number of amides is 1. The third-order valence-corrected chi connectivity index (χ3v) is 2.45. The van der Waals surface area contributed by atoms with Crippen molar-refractivity contribution in [2.45, 2.75) is 25.8 Å². The van der Waals surface area contributed by atoms with Crippen LogP contribution in [0.3, 0.4) is 0 Å². The van der Waals surface area contributed by atoms with Crippen LogP contribution in [-0.2, 0) is 6.42 Å². The Kier molecular flexibility index (Phi) is 5.18. The van der Waals surface area contributed by atoms with Crippen LogP contribution < -0.4 is 11.1 Å². The highest BCUT2D eigenvalue weighted by Crippen LogP contribution is 2.09. The molecule has 0 saturated heterocycles. The minimum Gasteiger partial charge on any atom is -0.349 e. The smallest absolute Gasteiger partial charge is 0.251 e. The van der Waals surface area contributed by atoms with Gasteiger partial charge in [-0.2, -0.15) is 5.26 Å². The van der Waals surface area contributed by atoms with Crippen LogP contribution in [0.1, 0.15) is 29.3 Å². The lowest BCUT2D eigenvalue weighted by Crippen LogP contribution is -2.33. The molecule has 4 nitrogen and oxygen atoms in total. The number of nitriles is 1. The van der Waals surface area contributed by atoms with Gasteiger partial charge in [-0.1, -0.05) is 18.2 Å². The van der Waals surface area contributed by atoms with Gasteiger partial charge in [-0.15, -0.1) is 0 Å². The zero-order valence-corrected chi connectivity index (χ0v) is 9.94. The summed E-state index contributed by atoms with van der Waals surface area (Å²) in [4.78, 5) is 12.0. The summed E-state index contributed by atoms with van der Waals surface area (Å²) in [5.74, 6) is -0.142. The Bertz CT molecular complexity index is 423. The summed E-state index contributed by atoms with van der Waals surface area (Å²) in [7, 11) is 0. The minimum atomic E-state index is -0.142.